The van der Waals surface area contributed by atoms with Crippen molar-refractivity contribution in [2.24, 2.45) is 0 Å². The second-order valence-corrected chi connectivity index (χ2v) is 9.74. The smallest absolute Gasteiger partial charge is 0.405 e. The molecule has 37 heavy (non-hydrogen) atoms. The molecule has 2 fully saturated rings. The number of fused-ring (bicyclic) bond motifs is 1. The van der Waals surface area contributed by atoms with Gasteiger partial charge in [-0.05, 0) is 38.0 Å². The molecular weight excluding hydrogens is 474 g/mol. The van der Waals surface area contributed by atoms with Crippen LogP contribution in [0.3, 0.4) is 0 Å². The molecule has 2 N–H and O–H groups in total. The van der Waals surface area contributed by atoms with Crippen LogP contribution in [0.4, 0.5) is 10.6 Å². The third-order valence-corrected chi connectivity index (χ3v) is 7.15. The minimum absolute atomic E-state index is 0.425. The minimum atomic E-state index is -0.992. The van der Waals surface area contributed by atoms with E-state index in [0.717, 1.165) is 49.8 Å². The standard InChI is InChI=1S/C26H31N7O4/c1-26(30-25(34)35)4-6-32(7-5-26)23-3-2-19(16-28-23)22-14-21(18-33-24(22)20(15-27)17-29-33)37-13-10-31-8-11-36-12-9-31/h2-3,14,16-18,30H,4-13H2,1H3,(H,34,35). The van der Waals surface area contributed by atoms with E-state index in [2.05, 4.69) is 26.3 Å². The Bertz CT molecular complexity index is 1290. The zero-order valence-electron chi connectivity index (χ0n) is 20.9. The van der Waals surface area contributed by atoms with Gasteiger partial charge in [0.1, 0.15) is 24.2 Å². The van der Waals surface area contributed by atoms with Crippen molar-refractivity contribution < 1.29 is 19.4 Å². The molecule has 2 aliphatic rings. The van der Waals surface area contributed by atoms with Gasteiger partial charge in [-0.2, -0.15) is 10.4 Å². The molecule has 11 nitrogen and oxygen atoms in total. The Hall–Kier alpha value is -3.88. The number of rotatable bonds is 7. The number of hydrogen-bond donors (Lipinski definition) is 2. The van der Waals surface area contributed by atoms with Crippen molar-refractivity contribution >= 4 is 17.4 Å². The van der Waals surface area contributed by atoms with Crippen molar-refractivity contribution in [3.8, 4) is 22.9 Å². The van der Waals surface area contributed by atoms with E-state index in [-0.39, 0.29) is 0 Å². The number of morpholine rings is 1. The number of carbonyl (C=O) groups is 1. The summed E-state index contributed by atoms with van der Waals surface area (Å²) in [5.41, 5.74) is 2.46. The van der Waals surface area contributed by atoms with Gasteiger partial charge in [0, 0.05) is 55.6 Å². The topological polar surface area (TPSA) is 128 Å². The van der Waals surface area contributed by atoms with Crippen molar-refractivity contribution in [2.75, 3.05) is 57.4 Å². The lowest BCUT2D eigenvalue weighted by atomic mass is 9.90. The molecule has 5 rings (SSSR count). The summed E-state index contributed by atoms with van der Waals surface area (Å²) in [6, 6.07) is 8.13. The van der Waals surface area contributed by atoms with Crippen LogP contribution in [0.25, 0.3) is 16.6 Å². The molecule has 0 aromatic carbocycles. The third kappa shape index (κ3) is 5.60. The number of nitrogens with one attached hydrogen (secondary N) is 1. The van der Waals surface area contributed by atoms with E-state index < -0.39 is 11.6 Å². The predicted octanol–water partition coefficient (Wildman–Crippen LogP) is 2.61. The maximum absolute atomic E-state index is 11.1. The van der Waals surface area contributed by atoms with Crippen LogP contribution in [0, 0.1) is 11.3 Å². The molecular formula is C26H31N7O4. The molecule has 5 heterocycles. The molecule has 11 heteroatoms. The average molecular weight is 506 g/mol. The zero-order chi connectivity index (χ0) is 25.8. The Morgan fingerprint density at radius 3 is 2.70 bits per heavy atom. The highest BCUT2D eigenvalue weighted by Crippen LogP contribution is 2.32. The highest BCUT2D eigenvalue weighted by atomic mass is 16.5. The molecule has 0 atom stereocenters. The molecule has 0 saturated carbocycles. The monoisotopic (exact) mass is 505 g/mol. The van der Waals surface area contributed by atoms with Crippen LogP contribution in [-0.2, 0) is 4.74 Å². The molecule has 194 valence electrons. The summed E-state index contributed by atoms with van der Waals surface area (Å²) >= 11 is 0. The Balaban J connectivity index is 1.33. The third-order valence-electron chi connectivity index (χ3n) is 7.15. The van der Waals surface area contributed by atoms with Crippen LogP contribution < -0.4 is 15.0 Å². The van der Waals surface area contributed by atoms with Crippen LogP contribution in [0.5, 0.6) is 5.75 Å². The van der Waals surface area contributed by atoms with E-state index in [9.17, 15) is 10.1 Å². The van der Waals surface area contributed by atoms with Crippen LogP contribution in [0.1, 0.15) is 25.3 Å². The summed E-state index contributed by atoms with van der Waals surface area (Å²) in [5.74, 6) is 1.51. The first kappa shape index (κ1) is 24.8. The van der Waals surface area contributed by atoms with Gasteiger partial charge in [-0.15, -0.1) is 0 Å². The van der Waals surface area contributed by atoms with Crippen molar-refractivity contribution in [2.45, 2.75) is 25.3 Å². The second-order valence-electron chi connectivity index (χ2n) is 9.74. The van der Waals surface area contributed by atoms with E-state index in [1.807, 2.05) is 25.1 Å². The summed E-state index contributed by atoms with van der Waals surface area (Å²) in [6.07, 6.45) is 5.58. The van der Waals surface area contributed by atoms with Gasteiger partial charge in [-0.1, -0.05) is 0 Å². The maximum atomic E-state index is 11.1. The van der Waals surface area contributed by atoms with Crippen LogP contribution >= 0.6 is 0 Å². The van der Waals surface area contributed by atoms with E-state index in [1.54, 1.807) is 23.1 Å². The number of aromatic nitrogens is 3. The van der Waals surface area contributed by atoms with Crippen molar-refractivity contribution in [3.63, 3.8) is 0 Å². The molecule has 2 aliphatic heterocycles. The summed E-state index contributed by atoms with van der Waals surface area (Å²) in [4.78, 5) is 20.3. The normalized spacial score (nSPS) is 17.9. The van der Waals surface area contributed by atoms with Gasteiger partial charge in [0.2, 0.25) is 0 Å². The van der Waals surface area contributed by atoms with E-state index in [4.69, 9.17) is 19.6 Å². The Morgan fingerprint density at radius 1 is 1.24 bits per heavy atom. The number of nitriles is 1. The lowest BCUT2D eigenvalue weighted by Crippen LogP contribution is -2.53. The van der Waals surface area contributed by atoms with E-state index in [0.29, 0.717) is 49.4 Å². The van der Waals surface area contributed by atoms with E-state index >= 15 is 0 Å². The number of pyridine rings is 2. The molecule has 0 radical (unpaired) electrons. The average Bonchev–Trinajstić information content (AvgIpc) is 3.32. The summed E-state index contributed by atoms with van der Waals surface area (Å²) in [5, 5.41) is 25.8. The first-order chi connectivity index (χ1) is 17.9. The molecule has 2 saturated heterocycles. The summed E-state index contributed by atoms with van der Waals surface area (Å²) in [6.45, 7) is 8.02. The first-order valence-electron chi connectivity index (χ1n) is 12.5. The van der Waals surface area contributed by atoms with E-state index in [1.165, 1.54) is 0 Å². The number of nitrogens with zero attached hydrogens (tertiary/aromatic N) is 6. The first-order valence-corrected chi connectivity index (χ1v) is 12.5. The van der Waals surface area contributed by atoms with Crippen LogP contribution in [0.15, 0.2) is 36.8 Å². The number of piperidine rings is 1. The number of amides is 1. The fourth-order valence-electron chi connectivity index (χ4n) is 4.94. The van der Waals surface area contributed by atoms with Gasteiger partial charge >= 0.3 is 6.09 Å². The number of ether oxygens (including phenoxy) is 2. The Morgan fingerprint density at radius 2 is 2.03 bits per heavy atom. The van der Waals surface area contributed by atoms with Gasteiger partial charge in [0.15, 0.2) is 0 Å². The fourth-order valence-corrected chi connectivity index (χ4v) is 4.94. The SMILES string of the molecule is CC1(NC(=O)O)CCN(c2ccc(-c3cc(OCCN4CCOCC4)cn4ncc(C#N)c34)cn2)CC1. The van der Waals surface area contributed by atoms with Crippen molar-refractivity contribution in [1.29, 1.82) is 5.26 Å². The van der Waals surface area contributed by atoms with Gasteiger partial charge < -0.3 is 24.8 Å². The lowest BCUT2D eigenvalue weighted by Gasteiger charge is -2.39. The van der Waals surface area contributed by atoms with Crippen LogP contribution in [-0.4, -0.2) is 88.8 Å². The zero-order valence-corrected chi connectivity index (χ0v) is 20.9. The Kier molecular flexibility index (Phi) is 7.12. The molecule has 3 aromatic heterocycles. The van der Waals surface area contributed by atoms with Gasteiger partial charge in [0.05, 0.1) is 36.7 Å². The lowest BCUT2D eigenvalue weighted by molar-refractivity contribution is 0.0322. The van der Waals surface area contributed by atoms with Crippen molar-refractivity contribution in [1.82, 2.24) is 24.8 Å². The quantitative estimate of drug-likeness (QED) is 0.498. The van der Waals surface area contributed by atoms with Gasteiger partial charge in [-0.25, -0.2) is 14.3 Å². The summed E-state index contributed by atoms with van der Waals surface area (Å²) < 4.78 is 13.2. The number of hydrogen-bond acceptors (Lipinski definition) is 8. The molecule has 1 amide bonds. The van der Waals surface area contributed by atoms with Gasteiger partial charge in [-0.3, -0.25) is 4.90 Å². The largest absolute Gasteiger partial charge is 0.491 e. The maximum Gasteiger partial charge on any atom is 0.405 e. The number of anilines is 1. The number of carboxylic acid groups (broad SMARTS) is 1. The molecule has 0 bridgehead atoms. The minimum Gasteiger partial charge on any atom is -0.491 e. The fraction of sp³-hybridized carbons (Fsp3) is 0.462. The molecule has 0 aliphatic carbocycles. The van der Waals surface area contributed by atoms with Crippen molar-refractivity contribution in [3.05, 3.63) is 42.4 Å². The summed E-state index contributed by atoms with van der Waals surface area (Å²) in [7, 11) is 0. The highest BCUT2D eigenvalue weighted by Gasteiger charge is 2.32. The molecule has 0 unspecified atom stereocenters. The van der Waals surface area contributed by atoms with Gasteiger partial charge in [0.25, 0.3) is 0 Å². The Labute approximate surface area is 215 Å². The predicted molar refractivity (Wildman–Crippen MR) is 137 cm³/mol. The second kappa shape index (κ2) is 10.6. The van der Waals surface area contributed by atoms with Crippen LogP contribution in [0.2, 0.25) is 0 Å². The molecule has 3 aromatic rings. The highest BCUT2D eigenvalue weighted by molar-refractivity contribution is 5.85. The molecule has 0 spiro atoms.